The van der Waals surface area contributed by atoms with Crippen LogP contribution in [0, 0.1) is 5.92 Å². The van der Waals surface area contributed by atoms with Gasteiger partial charge >= 0.3 is 6.03 Å². The zero-order valence-corrected chi connectivity index (χ0v) is 9.63. The number of carbonyl (C=O) groups excluding carboxylic acids is 2. The summed E-state index contributed by atoms with van der Waals surface area (Å²) >= 11 is 4.67. The summed E-state index contributed by atoms with van der Waals surface area (Å²) in [6.07, 6.45) is 0.637. The number of rotatable bonds is 4. The van der Waals surface area contributed by atoms with E-state index in [-0.39, 0.29) is 17.4 Å². The van der Waals surface area contributed by atoms with Crippen LogP contribution in [0.15, 0.2) is 0 Å². The van der Waals surface area contributed by atoms with Crippen LogP contribution in [-0.4, -0.2) is 34.4 Å². The van der Waals surface area contributed by atoms with Crippen molar-refractivity contribution < 1.29 is 9.59 Å². The van der Waals surface area contributed by atoms with E-state index in [1.165, 1.54) is 0 Å². The number of nitrogens with two attached hydrogens (primary N) is 1. The first kappa shape index (κ1) is 11.9. The molecule has 1 rings (SSSR count). The van der Waals surface area contributed by atoms with Gasteiger partial charge in [0.15, 0.2) is 0 Å². The van der Waals surface area contributed by atoms with Crippen LogP contribution in [-0.2, 0) is 4.79 Å². The van der Waals surface area contributed by atoms with E-state index in [0.717, 1.165) is 4.90 Å². The third kappa shape index (κ3) is 2.89. The second-order valence-corrected chi connectivity index (χ2v) is 4.55. The van der Waals surface area contributed by atoms with Crippen LogP contribution in [0.2, 0.25) is 0 Å². The highest BCUT2D eigenvalue weighted by atomic mass is 32.1. The third-order valence-electron chi connectivity index (χ3n) is 2.13. The summed E-state index contributed by atoms with van der Waals surface area (Å²) in [5, 5.41) is 2.61. The number of thiocarbonyl (C=S) groups is 1. The summed E-state index contributed by atoms with van der Waals surface area (Å²) < 4.78 is 0. The Hall–Kier alpha value is -1.17. The molecule has 1 atom stereocenters. The number of amides is 3. The zero-order valence-electron chi connectivity index (χ0n) is 8.82. The maximum atomic E-state index is 11.7. The molecule has 0 saturated carbocycles. The standard InChI is InChI=1S/C9H15N3O2S/c1-5(2)3-6-8(13)12(4-7(10)15)9(14)11-6/h5-6H,3-4H2,1-2H3,(H2,10,15)(H,11,14). The van der Waals surface area contributed by atoms with Crippen molar-refractivity contribution in [1.29, 1.82) is 0 Å². The molecule has 0 aromatic rings. The van der Waals surface area contributed by atoms with Gasteiger partial charge in [0, 0.05) is 0 Å². The van der Waals surface area contributed by atoms with Crippen molar-refractivity contribution in [1.82, 2.24) is 10.2 Å². The van der Waals surface area contributed by atoms with Crippen LogP contribution in [0.3, 0.4) is 0 Å². The Balaban J connectivity index is 2.66. The van der Waals surface area contributed by atoms with Gasteiger partial charge in [0.25, 0.3) is 5.91 Å². The van der Waals surface area contributed by atoms with Gasteiger partial charge in [-0.15, -0.1) is 0 Å². The quantitative estimate of drug-likeness (QED) is 0.535. The minimum atomic E-state index is -0.424. The Bertz CT molecular complexity index is 304. The monoisotopic (exact) mass is 229 g/mol. The number of hydrogen-bond acceptors (Lipinski definition) is 3. The van der Waals surface area contributed by atoms with Gasteiger partial charge in [0.2, 0.25) is 0 Å². The van der Waals surface area contributed by atoms with Crippen molar-refractivity contribution in [3.63, 3.8) is 0 Å². The van der Waals surface area contributed by atoms with E-state index in [9.17, 15) is 9.59 Å². The van der Waals surface area contributed by atoms with E-state index in [4.69, 9.17) is 5.73 Å². The normalized spacial score (nSPS) is 21.0. The maximum Gasteiger partial charge on any atom is 0.325 e. The fourth-order valence-electron chi connectivity index (χ4n) is 1.51. The van der Waals surface area contributed by atoms with Crippen LogP contribution in [0.4, 0.5) is 4.79 Å². The molecule has 1 saturated heterocycles. The van der Waals surface area contributed by atoms with E-state index in [1.54, 1.807) is 0 Å². The highest BCUT2D eigenvalue weighted by Gasteiger charge is 2.37. The first-order valence-corrected chi connectivity index (χ1v) is 5.22. The summed E-state index contributed by atoms with van der Waals surface area (Å²) in [5.74, 6) is 0.116. The number of urea groups is 1. The van der Waals surface area contributed by atoms with Crippen molar-refractivity contribution in [3.8, 4) is 0 Å². The molecule has 0 bridgehead atoms. The number of nitrogens with zero attached hydrogens (tertiary/aromatic N) is 1. The summed E-state index contributed by atoms with van der Waals surface area (Å²) in [4.78, 5) is 24.3. The topological polar surface area (TPSA) is 75.4 Å². The second-order valence-electron chi connectivity index (χ2n) is 4.02. The van der Waals surface area contributed by atoms with Crippen molar-refractivity contribution in [2.75, 3.05) is 6.54 Å². The van der Waals surface area contributed by atoms with E-state index < -0.39 is 12.1 Å². The maximum absolute atomic E-state index is 11.7. The fraction of sp³-hybridized carbons (Fsp3) is 0.667. The molecule has 15 heavy (non-hydrogen) atoms. The minimum Gasteiger partial charge on any atom is -0.392 e. The van der Waals surface area contributed by atoms with E-state index >= 15 is 0 Å². The molecule has 1 fully saturated rings. The van der Waals surface area contributed by atoms with Gasteiger partial charge in [-0.1, -0.05) is 26.1 Å². The van der Waals surface area contributed by atoms with Crippen LogP contribution < -0.4 is 11.1 Å². The average molecular weight is 229 g/mol. The molecule has 0 aromatic carbocycles. The highest BCUT2D eigenvalue weighted by Crippen LogP contribution is 2.13. The molecule has 0 radical (unpaired) electrons. The van der Waals surface area contributed by atoms with Gasteiger partial charge in [-0.05, 0) is 12.3 Å². The number of carbonyl (C=O) groups is 2. The first-order valence-electron chi connectivity index (χ1n) is 4.82. The number of hydrogen-bond donors (Lipinski definition) is 2. The Labute approximate surface area is 94.0 Å². The zero-order chi connectivity index (χ0) is 11.6. The Morgan fingerprint density at radius 2 is 2.20 bits per heavy atom. The summed E-state index contributed by atoms with van der Waals surface area (Å²) in [6, 6.07) is -0.828. The molecule has 84 valence electrons. The molecule has 0 aromatic heterocycles. The molecule has 1 aliphatic heterocycles. The Morgan fingerprint density at radius 3 is 2.67 bits per heavy atom. The molecule has 6 heteroatoms. The lowest BCUT2D eigenvalue weighted by molar-refractivity contribution is -0.127. The molecule has 0 aliphatic carbocycles. The van der Waals surface area contributed by atoms with Crippen molar-refractivity contribution >= 4 is 29.1 Å². The van der Waals surface area contributed by atoms with Gasteiger partial charge in [-0.25, -0.2) is 4.79 Å². The van der Waals surface area contributed by atoms with E-state index in [0.29, 0.717) is 12.3 Å². The Kier molecular flexibility index (Phi) is 3.62. The molecule has 1 aliphatic rings. The summed E-state index contributed by atoms with van der Waals surface area (Å²) in [7, 11) is 0. The predicted molar refractivity (Wildman–Crippen MR) is 60.3 cm³/mol. The lowest BCUT2D eigenvalue weighted by atomic mass is 10.0. The molecular formula is C9H15N3O2S. The molecule has 0 spiro atoms. The smallest absolute Gasteiger partial charge is 0.325 e. The molecule has 1 heterocycles. The summed E-state index contributed by atoms with van der Waals surface area (Å²) in [5.41, 5.74) is 5.30. The van der Waals surface area contributed by atoms with Gasteiger partial charge in [0.1, 0.15) is 6.04 Å². The van der Waals surface area contributed by atoms with Crippen molar-refractivity contribution in [2.24, 2.45) is 11.7 Å². The van der Waals surface area contributed by atoms with E-state index in [2.05, 4.69) is 17.5 Å². The van der Waals surface area contributed by atoms with Crippen LogP contribution >= 0.6 is 12.2 Å². The predicted octanol–water partition coefficient (Wildman–Crippen LogP) is 0.239. The Morgan fingerprint density at radius 1 is 1.60 bits per heavy atom. The third-order valence-corrected chi connectivity index (χ3v) is 2.26. The van der Waals surface area contributed by atoms with Gasteiger partial charge in [-0.2, -0.15) is 0 Å². The minimum absolute atomic E-state index is 0.0224. The molecule has 5 nitrogen and oxygen atoms in total. The second kappa shape index (κ2) is 4.57. The van der Waals surface area contributed by atoms with Gasteiger partial charge in [0.05, 0.1) is 11.5 Å². The lowest BCUT2D eigenvalue weighted by Gasteiger charge is -2.12. The van der Waals surface area contributed by atoms with Gasteiger partial charge in [-0.3, -0.25) is 9.69 Å². The first-order chi connectivity index (χ1) is 6.91. The van der Waals surface area contributed by atoms with E-state index in [1.807, 2.05) is 13.8 Å². The molecule has 3 amide bonds. The molecule has 3 N–H and O–H groups in total. The van der Waals surface area contributed by atoms with Crippen LogP contribution in [0.1, 0.15) is 20.3 Å². The van der Waals surface area contributed by atoms with Crippen LogP contribution in [0.5, 0.6) is 0 Å². The molecule has 1 unspecified atom stereocenters. The van der Waals surface area contributed by atoms with Crippen LogP contribution in [0.25, 0.3) is 0 Å². The number of imide groups is 1. The highest BCUT2D eigenvalue weighted by molar-refractivity contribution is 7.80. The van der Waals surface area contributed by atoms with Gasteiger partial charge < -0.3 is 11.1 Å². The van der Waals surface area contributed by atoms with Crippen molar-refractivity contribution in [2.45, 2.75) is 26.3 Å². The molecular weight excluding hydrogens is 214 g/mol. The van der Waals surface area contributed by atoms with Crippen molar-refractivity contribution in [3.05, 3.63) is 0 Å². The fourth-order valence-corrected chi connectivity index (χ4v) is 1.64. The summed E-state index contributed by atoms with van der Waals surface area (Å²) in [6.45, 7) is 4.01. The SMILES string of the molecule is CC(C)CC1NC(=O)N(CC(N)=S)C1=O. The number of nitrogens with one attached hydrogen (secondary N) is 1. The largest absolute Gasteiger partial charge is 0.392 e. The average Bonchev–Trinajstić information content (AvgIpc) is 2.31. The lowest BCUT2D eigenvalue weighted by Crippen LogP contribution is -2.38.